The van der Waals surface area contributed by atoms with Crippen molar-refractivity contribution >= 4 is 5.78 Å². The van der Waals surface area contributed by atoms with Gasteiger partial charge in [0.15, 0.2) is 5.76 Å². The Morgan fingerprint density at radius 1 is 1.47 bits per heavy atom. The van der Waals surface area contributed by atoms with E-state index < -0.39 is 0 Å². The third-order valence-electron chi connectivity index (χ3n) is 3.19. The molecule has 0 saturated heterocycles. The smallest absolute Gasteiger partial charge is 0.223 e. The maximum atomic E-state index is 12.0. The Morgan fingerprint density at radius 2 is 2.07 bits per heavy atom. The van der Waals surface area contributed by atoms with Gasteiger partial charge in [-0.2, -0.15) is 0 Å². The molecule has 0 radical (unpaired) electrons. The summed E-state index contributed by atoms with van der Waals surface area (Å²) in [6.45, 7) is 7.83. The van der Waals surface area contributed by atoms with Crippen LogP contribution in [0.4, 0.5) is 0 Å². The topological polar surface area (TPSA) is 37.3 Å². The Hall–Kier alpha value is -1.05. The van der Waals surface area contributed by atoms with Crippen molar-refractivity contribution in [2.24, 2.45) is 5.41 Å². The fourth-order valence-electron chi connectivity index (χ4n) is 2.38. The fourth-order valence-corrected chi connectivity index (χ4v) is 2.38. The average Bonchev–Trinajstić information content (AvgIpc) is 2.14. The standard InChI is InChI=1S/C13H20O2/c1-5-10(14)12(15)11-9(2)7-6-8-13(11,3)4/h5,14H,6-8H2,1-4H3/b10-5-. The highest BCUT2D eigenvalue weighted by molar-refractivity contribution is 6.07. The van der Waals surface area contributed by atoms with E-state index in [-0.39, 0.29) is 17.0 Å². The molecule has 2 heteroatoms. The molecule has 0 aromatic carbocycles. The Bertz CT molecular complexity index is 332. The van der Waals surface area contributed by atoms with Gasteiger partial charge in [-0.25, -0.2) is 0 Å². The number of rotatable bonds is 2. The molecule has 2 nitrogen and oxygen atoms in total. The fraction of sp³-hybridized carbons (Fsp3) is 0.615. The van der Waals surface area contributed by atoms with Crippen LogP contribution >= 0.6 is 0 Å². The minimum absolute atomic E-state index is 0.101. The molecule has 0 bridgehead atoms. The summed E-state index contributed by atoms with van der Waals surface area (Å²) in [5.41, 5.74) is 1.84. The lowest BCUT2D eigenvalue weighted by Crippen LogP contribution is -2.27. The molecule has 0 aromatic rings. The number of aliphatic hydroxyl groups is 1. The predicted octanol–water partition coefficient (Wildman–Crippen LogP) is 3.54. The van der Waals surface area contributed by atoms with E-state index in [1.54, 1.807) is 6.92 Å². The van der Waals surface area contributed by atoms with Gasteiger partial charge in [0.25, 0.3) is 0 Å². The van der Waals surface area contributed by atoms with Crippen LogP contribution in [0.2, 0.25) is 0 Å². The maximum Gasteiger partial charge on any atom is 0.223 e. The van der Waals surface area contributed by atoms with Crippen molar-refractivity contribution in [3.8, 4) is 0 Å². The summed E-state index contributed by atoms with van der Waals surface area (Å²) in [6, 6.07) is 0. The van der Waals surface area contributed by atoms with E-state index in [9.17, 15) is 9.90 Å². The third-order valence-corrected chi connectivity index (χ3v) is 3.19. The third kappa shape index (κ3) is 2.31. The quantitative estimate of drug-likeness (QED) is 0.556. The molecule has 1 N–H and O–H groups in total. The highest BCUT2D eigenvalue weighted by Crippen LogP contribution is 2.41. The number of carbonyl (C=O) groups is 1. The van der Waals surface area contributed by atoms with E-state index in [1.807, 2.05) is 6.92 Å². The second-order valence-electron chi connectivity index (χ2n) is 4.90. The van der Waals surface area contributed by atoms with E-state index in [2.05, 4.69) is 13.8 Å². The van der Waals surface area contributed by atoms with Crippen molar-refractivity contribution in [2.75, 3.05) is 0 Å². The lowest BCUT2D eigenvalue weighted by molar-refractivity contribution is -0.115. The van der Waals surface area contributed by atoms with Crippen LogP contribution in [0.3, 0.4) is 0 Å². The van der Waals surface area contributed by atoms with Crippen LogP contribution in [-0.2, 0) is 4.79 Å². The van der Waals surface area contributed by atoms with E-state index in [0.717, 1.165) is 30.4 Å². The minimum atomic E-state index is -0.195. The zero-order chi connectivity index (χ0) is 11.6. The number of carbonyl (C=O) groups excluding carboxylic acids is 1. The number of allylic oxidation sites excluding steroid dienone is 3. The number of Topliss-reactive ketones (excluding diaryl/α,β-unsaturated/α-hetero) is 1. The van der Waals surface area contributed by atoms with Crippen molar-refractivity contribution in [1.29, 1.82) is 0 Å². The molecule has 0 aromatic heterocycles. The van der Waals surface area contributed by atoms with Crippen molar-refractivity contribution in [3.63, 3.8) is 0 Å². The molecule has 0 unspecified atom stereocenters. The van der Waals surface area contributed by atoms with Crippen LogP contribution in [0, 0.1) is 5.41 Å². The van der Waals surface area contributed by atoms with Crippen molar-refractivity contribution < 1.29 is 9.90 Å². The van der Waals surface area contributed by atoms with Gasteiger partial charge in [-0.15, -0.1) is 0 Å². The Kier molecular flexibility index (Phi) is 3.38. The molecule has 0 atom stereocenters. The van der Waals surface area contributed by atoms with E-state index >= 15 is 0 Å². The molecule has 1 rings (SSSR count). The summed E-state index contributed by atoms with van der Waals surface area (Å²) in [7, 11) is 0. The molecule has 15 heavy (non-hydrogen) atoms. The minimum Gasteiger partial charge on any atom is -0.504 e. The van der Waals surface area contributed by atoms with Crippen LogP contribution in [0.1, 0.15) is 47.0 Å². The van der Waals surface area contributed by atoms with Crippen molar-refractivity contribution in [1.82, 2.24) is 0 Å². The Morgan fingerprint density at radius 3 is 2.53 bits per heavy atom. The lowest BCUT2D eigenvalue weighted by atomic mass is 9.71. The first kappa shape index (κ1) is 12.0. The zero-order valence-electron chi connectivity index (χ0n) is 10.1. The van der Waals surface area contributed by atoms with Gasteiger partial charge in [-0.05, 0) is 44.6 Å². The van der Waals surface area contributed by atoms with Crippen molar-refractivity contribution in [2.45, 2.75) is 47.0 Å². The van der Waals surface area contributed by atoms with E-state index in [1.165, 1.54) is 6.08 Å². The van der Waals surface area contributed by atoms with Gasteiger partial charge >= 0.3 is 0 Å². The molecule has 84 valence electrons. The summed E-state index contributed by atoms with van der Waals surface area (Å²) in [5, 5.41) is 9.51. The number of hydrogen-bond donors (Lipinski definition) is 1. The highest BCUT2D eigenvalue weighted by Gasteiger charge is 2.33. The molecular weight excluding hydrogens is 188 g/mol. The maximum absolute atomic E-state index is 12.0. The Labute approximate surface area is 91.7 Å². The summed E-state index contributed by atoms with van der Waals surface area (Å²) < 4.78 is 0. The van der Waals surface area contributed by atoms with Crippen LogP contribution in [0.15, 0.2) is 23.0 Å². The van der Waals surface area contributed by atoms with Crippen LogP contribution in [0.25, 0.3) is 0 Å². The number of aliphatic hydroxyl groups excluding tert-OH is 1. The lowest BCUT2D eigenvalue weighted by Gasteiger charge is -2.33. The highest BCUT2D eigenvalue weighted by atomic mass is 16.3. The predicted molar refractivity (Wildman–Crippen MR) is 61.7 cm³/mol. The van der Waals surface area contributed by atoms with Crippen molar-refractivity contribution in [3.05, 3.63) is 23.0 Å². The molecule has 0 heterocycles. The second kappa shape index (κ2) is 4.21. The summed E-state index contributed by atoms with van der Waals surface area (Å²) in [6.07, 6.45) is 4.59. The summed E-state index contributed by atoms with van der Waals surface area (Å²) in [5.74, 6) is -0.320. The van der Waals surface area contributed by atoms with Gasteiger partial charge in [0.2, 0.25) is 5.78 Å². The molecule has 0 fully saturated rings. The van der Waals surface area contributed by atoms with Crippen LogP contribution in [0.5, 0.6) is 0 Å². The molecule has 1 aliphatic carbocycles. The molecule has 0 saturated carbocycles. The summed E-state index contributed by atoms with van der Waals surface area (Å²) in [4.78, 5) is 12.0. The van der Waals surface area contributed by atoms with E-state index in [0.29, 0.717) is 0 Å². The van der Waals surface area contributed by atoms with Gasteiger partial charge in [-0.1, -0.05) is 19.4 Å². The molecule has 1 aliphatic rings. The molecular formula is C13H20O2. The zero-order valence-corrected chi connectivity index (χ0v) is 10.1. The Balaban J connectivity index is 3.15. The number of ketones is 1. The van der Waals surface area contributed by atoms with Crippen LogP contribution < -0.4 is 0 Å². The first-order chi connectivity index (χ1) is 6.90. The first-order valence-corrected chi connectivity index (χ1v) is 5.50. The second-order valence-corrected chi connectivity index (χ2v) is 4.90. The van der Waals surface area contributed by atoms with Gasteiger partial charge in [0, 0.05) is 5.57 Å². The van der Waals surface area contributed by atoms with E-state index in [4.69, 9.17) is 0 Å². The molecule has 0 aliphatic heterocycles. The van der Waals surface area contributed by atoms with Gasteiger partial charge in [0.05, 0.1) is 0 Å². The van der Waals surface area contributed by atoms with Gasteiger partial charge in [-0.3, -0.25) is 4.79 Å². The normalized spacial score (nSPS) is 21.7. The summed E-state index contributed by atoms with van der Waals surface area (Å²) >= 11 is 0. The average molecular weight is 208 g/mol. The van der Waals surface area contributed by atoms with Crippen LogP contribution in [-0.4, -0.2) is 10.9 Å². The first-order valence-electron chi connectivity index (χ1n) is 5.50. The molecule has 0 amide bonds. The monoisotopic (exact) mass is 208 g/mol. The van der Waals surface area contributed by atoms with Gasteiger partial charge < -0.3 is 5.11 Å². The van der Waals surface area contributed by atoms with Gasteiger partial charge in [0.1, 0.15) is 0 Å². The SMILES string of the molecule is C/C=C(\O)C(=O)C1=C(C)CCCC1(C)C. The largest absolute Gasteiger partial charge is 0.504 e. The molecule has 0 spiro atoms. The number of hydrogen-bond acceptors (Lipinski definition) is 2.